The molecule has 1 aliphatic heterocycles. The molecule has 0 bridgehead atoms. The summed E-state index contributed by atoms with van der Waals surface area (Å²) in [5, 5.41) is 19.1. The molecule has 1 N–H and O–H groups in total. The number of thiophene rings is 1. The lowest BCUT2D eigenvalue weighted by molar-refractivity contribution is -0.143. The summed E-state index contributed by atoms with van der Waals surface area (Å²) >= 11 is 1.55. The van der Waals surface area contributed by atoms with Gasteiger partial charge in [0.25, 0.3) is 5.89 Å². The van der Waals surface area contributed by atoms with Gasteiger partial charge in [-0.15, -0.1) is 21.5 Å². The van der Waals surface area contributed by atoms with Gasteiger partial charge in [-0.25, -0.2) is 0 Å². The number of carbonyl (C=O) groups is 1. The Bertz CT molecular complexity index is 581. The Morgan fingerprint density at radius 2 is 2.45 bits per heavy atom. The summed E-state index contributed by atoms with van der Waals surface area (Å²) in [5.74, 6) is 0.0594. The van der Waals surface area contributed by atoms with E-state index in [1.807, 2.05) is 17.5 Å². The van der Waals surface area contributed by atoms with Gasteiger partial charge in [-0.2, -0.15) is 0 Å². The maximum absolute atomic E-state index is 11.0. The lowest BCUT2D eigenvalue weighted by atomic mass is 9.98. The molecule has 2 aromatic heterocycles. The van der Waals surface area contributed by atoms with Crippen LogP contribution in [0.15, 0.2) is 21.9 Å². The molecule has 1 saturated heterocycles. The fourth-order valence-electron chi connectivity index (χ4n) is 2.41. The SMILES string of the molecule is O=C(O)C1CCCN(Cc2nnc(-c3cccs3)o2)C1. The van der Waals surface area contributed by atoms with Crippen molar-refractivity contribution < 1.29 is 14.3 Å². The molecule has 1 unspecified atom stereocenters. The Morgan fingerprint density at radius 3 is 3.20 bits per heavy atom. The Morgan fingerprint density at radius 1 is 1.55 bits per heavy atom. The van der Waals surface area contributed by atoms with Crippen molar-refractivity contribution in [2.45, 2.75) is 19.4 Å². The molecule has 1 fully saturated rings. The highest BCUT2D eigenvalue weighted by Gasteiger charge is 2.26. The van der Waals surface area contributed by atoms with Crippen molar-refractivity contribution in [3.8, 4) is 10.8 Å². The zero-order valence-electron chi connectivity index (χ0n) is 10.9. The van der Waals surface area contributed by atoms with Crippen LogP contribution < -0.4 is 0 Å². The van der Waals surface area contributed by atoms with E-state index in [2.05, 4.69) is 15.1 Å². The van der Waals surface area contributed by atoms with Crippen molar-refractivity contribution in [2.24, 2.45) is 5.92 Å². The highest BCUT2D eigenvalue weighted by atomic mass is 32.1. The van der Waals surface area contributed by atoms with Crippen LogP contribution in [0.5, 0.6) is 0 Å². The maximum atomic E-state index is 11.0. The summed E-state index contributed by atoms with van der Waals surface area (Å²) in [5.41, 5.74) is 0. The molecule has 106 valence electrons. The first kappa shape index (κ1) is 13.3. The largest absolute Gasteiger partial charge is 0.481 e. The molecule has 7 heteroatoms. The number of nitrogens with zero attached hydrogens (tertiary/aromatic N) is 3. The first-order valence-electron chi connectivity index (χ1n) is 6.54. The third-order valence-corrected chi connectivity index (χ3v) is 4.27. The molecule has 0 saturated carbocycles. The van der Waals surface area contributed by atoms with Crippen LogP contribution in [-0.2, 0) is 11.3 Å². The van der Waals surface area contributed by atoms with Gasteiger partial charge in [-0.3, -0.25) is 9.69 Å². The summed E-state index contributed by atoms with van der Waals surface area (Å²) in [6.07, 6.45) is 1.64. The number of likely N-dealkylation sites (tertiary alicyclic amines) is 1. The van der Waals surface area contributed by atoms with Crippen LogP contribution >= 0.6 is 11.3 Å². The van der Waals surface area contributed by atoms with Gasteiger partial charge in [0.1, 0.15) is 0 Å². The highest BCUT2D eigenvalue weighted by molar-refractivity contribution is 7.13. The van der Waals surface area contributed by atoms with Crippen LogP contribution in [0, 0.1) is 5.92 Å². The molecule has 3 rings (SSSR count). The Kier molecular flexibility index (Phi) is 3.79. The number of piperidine rings is 1. The molecule has 0 aliphatic carbocycles. The van der Waals surface area contributed by atoms with Gasteiger partial charge in [0.05, 0.1) is 17.3 Å². The number of carboxylic acids is 1. The third-order valence-electron chi connectivity index (χ3n) is 3.41. The van der Waals surface area contributed by atoms with E-state index in [9.17, 15) is 4.79 Å². The van der Waals surface area contributed by atoms with Gasteiger partial charge in [-0.1, -0.05) is 6.07 Å². The fourth-order valence-corrected chi connectivity index (χ4v) is 3.05. The maximum Gasteiger partial charge on any atom is 0.307 e. The molecule has 0 amide bonds. The van der Waals surface area contributed by atoms with Crippen molar-refractivity contribution in [2.75, 3.05) is 13.1 Å². The Balaban J connectivity index is 1.64. The van der Waals surface area contributed by atoms with E-state index in [1.54, 1.807) is 11.3 Å². The average Bonchev–Trinajstić information content (AvgIpc) is 3.09. The highest BCUT2D eigenvalue weighted by Crippen LogP contribution is 2.24. The molecule has 0 aromatic carbocycles. The minimum absolute atomic E-state index is 0.288. The van der Waals surface area contributed by atoms with E-state index < -0.39 is 5.97 Å². The number of carboxylic acid groups (broad SMARTS) is 1. The molecule has 2 aromatic rings. The second-order valence-corrected chi connectivity index (χ2v) is 5.84. The standard InChI is InChI=1S/C13H15N3O3S/c17-13(18)9-3-1-5-16(7-9)8-11-14-15-12(19-11)10-4-2-6-20-10/h2,4,6,9H,1,3,5,7-8H2,(H,17,18). The Hall–Kier alpha value is -1.73. The van der Waals surface area contributed by atoms with E-state index in [0.29, 0.717) is 24.9 Å². The lowest BCUT2D eigenvalue weighted by Gasteiger charge is -2.29. The lowest BCUT2D eigenvalue weighted by Crippen LogP contribution is -2.38. The molecule has 20 heavy (non-hydrogen) atoms. The second-order valence-electron chi connectivity index (χ2n) is 4.89. The zero-order chi connectivity index (χ0) is 13.9. The van der Waals surface area contributed by atoms with E-state index in [4.69, 9.17) is 9.52 Å². The average molecular weight is 293 g/mol. The summed E-state index contributed by atoms with van der Waals surface area (Å²) in [6, 6.07) is 3.87. The smallest absolute Gasteiger partial charge is 0.307 e. The molecular weight excluding hydrogens is 278 g/mol. The number of rotatable bonds is 4. The zero-order valence-corrected chi connectivity index (χ0v) is 11.7. The van der Waals surface area contributed by atoms with Gasteiger partial charge < -0.3 is 9.52 Å². The van der Waals surface area contributed by atoms with Crippen LogP contribution in [0.1, 0.15) is 18.7 Å². The van der Waals surface area contributed by atoms with E-state index in [0.717, 1.165) is 24.3 Å². The predicted molar refractivity (Wildman–Crippen MR) is 73.2 cm³/mol. The van der Waals surface area contributed by atoms with Crippen LogP contribution in [0.2, 0.25) is 0 Å². The van der Waals surface area contributed by atoms with E-state index in [-0.39, 0.29) is 5.92 Å². The quantitative estimate of drug-likeness (QED) is 0.930. The minimum Gasteiger partial charge on any atom is -0.481 e. The number of aromatic nitrogens is 2. The van der Waals surface area contributed by atoms with Crippen LogP contribution in [-0.4, -0.2) is 39.3 Å². The van der Waals surface area contributed by atoms with Gasteiger partial charge >= 0.3 is 5.97 Å². The summed E-state index contributed by atoms with van der Waals surface area (Å²) in [4.78, 5) is 14.0. The van der Waals surface area contributed by atoms with Gasteiger partial charge in [-0.05, 0) is 30.8 Å². The second kappa shape index (κ2) is 5.72. The molecule has 1 aliphatic rings. The monoisotopic (exact) mass is 293 g/mol. The number of aliphatic carboxylic acids is 1. The molecule has 6 nitrogen and oxygen atoms in total. The van der Waals surface area contributed by atoms with Gasteiger partial charge in [0.15, 0.2) is 0 Å². The van der Waals surface area contributed by atoms with Crippen molar-refractivity contribution in [1.82, 2.24) is 15.1 Å². The van der Waals surface area contributed by atoms with Crippen molar-refractivity contribution in [3.05, 3.63) is 23.4 Å². The summed E-state index contributed by atoms with van der Waals surface area (Å²) in [7, 11) is 0. The molecule has 0 spiro atoms. The minimum atomic E-state index is -0.723. The third kappa shape index (κ3) is 2.88. The Labute approximate surface area is 120 Å². The molecular formula is C13H15N3O3S. The summed E-state index contributed by atoms with van der Waals surface area (Å²) < 4.78 is 5.63. The first-order chi connectivity index (χ1) is 9.72. The van der Waals surface area contributed by atoms with Crippen LogP contribution in [0.25, 0.3) is 10.8 Å². The molecule has 0 radical (unpaired) electrons. The first-order valence-corrected chi connectivity index (χ1v) is 7.42. The van der Waals surface area contributed by atoms with Gasteiger partial charge in [0.2, 0.25) is 5.89 Å². The number of hydrogen-bond acceptors (Lipinski definition) is 6. The molecule has 1 atom stereocenters. The van der Waals surface area contributed by atoms with Gasteiger partial charge in [0, 0.05) is 6.54 Å². The van der Waals surface area contributed by atoms with E-state index >= 15 is 0 Å². The van der Waals surface area contributed by atoms with Crippen molar-refractivity contribution >= 4 is 17.3 Å². The fraction of sp³-hybridized carbons (Fsp3) is 0.462. The van der Waals surface area contributed by atoms with E-state index in [1.165, 1.54) is 0 Å². The number of hydrogen-bond donors (Lipinski definition) is 1. The normalized spacial score (nSPS) is 20.1. The van der Waals surface area contributed by atoms with Crippen LogP contribution in [0.4, 0.5) is 0 Å². The summed E-state index contributed by atoms with van der Waals surface area (Å²) in [6.45, 7) is 1.94. The van der Waals surface area contributed by atoms with Crippen molar-refractivity contribution in [3.63, 3.8) is 0 Å². The molecule has 3 heterocycles. The topological polar surface area (TPSA) is 79.5 Å². The van der Waals surface area contributed by atoms with Crippen molar-refractivity contribution in [1.29, 1.82) is 0 Å². The predicted octanol–water partition coefficient (Wildman–Crippen LogP) is 2.09. The van der Waals surface area contributed by atoms with Crippen LogP contribution in [0.3, 0.4) is 0 Å².